The predicted octanol–water partition coefficient (Wildman–Crippen LogP) is 1.50. The molecule has 0 radical (unpaired) electrons. The van der Waals surface area contributed by atoms with E-state index in [-0.39, 0.29) is 17.6 Å². The Bertz CT molecular complexity index is 210. The molecular weight excluding hydrogens is 164 g/mol. The van der Waals surface area contributed by atoms with Gasteiger partial charge < -0.3 is 10.6 Å². The number of terminal acetylenes is 1. The van der Waals surface area contributed by atoms with E-state index < -0.39 is 0 Å². The van der Waals surface area contributed by atoms with Gasteiger partial charge in [-0.05, 0) is 27.7 Å². The fourth-order valence-electron chi connectivity index (χ4n) is 0.828. The van der Waals surface area contributed by atoms with Crippen molar-refractivity contribution in [2.24, 2.45) is 0 Å². The molecule has 0 aliphatic carbocycles. The molecule has 0 aliphatic rings. The lowest BCUT2D eigenvalue weighted by molar-refractivity contribution is 0.229. The number of rotatable bonds is 2. The van der Waals surface area contributed by atoms with E-state index >= 15 is 0 Å². The van der Waals surface area contributed by atoms with Gasteiger partial charge in [0.1, 0.15) is 0 Å². The van der Waals surface area contributed by atoms with Gasteiger partial charge in [0.05, 0.1) is 0 Å². The van der Waals surface area contributed by atoms with Gasteiger partial charge in [-0.1, -0.05) is 0 Å². The van der Waals surface area contributed by atoms with Crippen molar-refractivity contribution in [1.82, 2.24) is 10.6 Å². The van der Waals surface area contributed by atoms with E-state index in [1.165, 1.54) is 0 Å². The Labute approximate surface area is 80.3 Å². The third-order valence-electron chi connectivity index (χ3n) is 1.29. The number of carbonyl (C=O) groups is 1. The second-order valence-electron chi connectivity index (χ2n) is 4.16. The van der Waals surface area contributed by atoms with Crippen LogP contribution in [0, 0.1) is 12.3 Å². The summed E-state index contributed by atoms with van der Waals surface area (Å²) in [4.78, 5) is 11.3. The van der Waals surface area contributed by atoms with Crippen LogP contribution in [0.15, 0.2) is 0 Å². The number of amides is 2. The lowest BCUT2D eigenvalue weighted by atomic mass is 10.1. The number of hydrogen-bond acceptors (Lipinski definition) is 1. The molecule has 0 fully saturated rings. The predicted molar refractivity (Wildman–Crippen MR) is 54.3 cm³/mol. The Morgan fingerprint density at radius 1 is 1.54 bits per heavy atom. The second kappa shape index (κ2) is 4.76. The van der Waals surface area contributed by atoms with Crippen LogP contribution in [0.1, 0.15) is 34.1 Å². The molecule has 0 rings (SSSR count). The Hall–Kier alpha value is -1.17. The Balaban J connectivity index is 3.83. The first-order valence-corrected chi connectivity index (χ1v) is 4.37. The fourth-order valence-corrected chi connectivity index (χ4v) is 0.828. The summed E-state index contributed by atoms with van der Waals surface area (Å²) in [6.45, 7) is 7.66. The standard InChI is InChI=1S/C10H18N2O/c1-6-7-8(2)11-9(13)12-10(3,4)5/h1,8H,7H2,2-5H3,(H2,11,12,13). The van der Waals surface area contributed by atoms with Gasteiger partial charge in [0.2, 0.25) is 0 Å². The molecule has 0 bridgehead atoms. The lowest BCUT2D eigenvalue weighted by Gasteiger charge is -2.22. The van der Waals surface area contributed by atoms with Gasteiger partial charge in [0.15, 0.2) is 0 Å². The van der Waals surface area contributed by atoms with Crippen molar-refractivity contribution in [3.8, 4) is 12.3 Å². The Morgan fingerprint density at radius 2 is 2.08 bits per heavy atom. The normalized spacial score (nSPS) is 12.8. The minimum Gasteiger partial charge on any atom is -0.335 e. The van der Waals surface area contributed by atoms with Gasteiger partial charge in [-0.3, -0.25) is 0 Å². The van der Waals surface area contributed by atoms with E-state index in [0.717, 1.165) is 0 Å². The highest BCUT2D eigenvalue weighted by Crippen LogP contribution is 1.98. The zero-order valence-corrected chi connectivity index (χ0v) is 8.77. The van der Waals surface area contributed by atoms with Crippen molar-refractivity contribution in [1.29, 1.82) is 0 Å². The summed E-state index contributed by atoms with van der Waals surface area (Å²) < 4.78 is 0. The molecule has 0 aromatic rings. The number of nitrogens with one attached hydrogen (secondary N) is 2. The highest BCUT2D eigenvalue weighted by atomic mass is 16.2. The quantitative estimate of drug-likeness (QED) is 0.624. The first-order chi connectivity index (χ1) is 5.85. The maximum absolute atomic E-state index is 11.3. The molecule has 2 amide bonds. The molecule has 0 aliphatic heterocycles. The SMILES string of the molecule is C#CCC(C)NC(=O)NC(C)(C)C. The van der Waals surface area contributed by atoms with Crippen molar-refractivity contribution in [3.05, 3.63) is 0 Å². The molecule has 0 aromatic heterocycles. The Morgan fingerprint density at radius 3 is 2.46 bits per heavy atom. The topological polar surface area (TPSA) is 41.1 Å². The van der Waals surface area contributed by atoms with E-state index in [1.54, 1.807) is 0 Å². The molecule has 0 aromatic carbocycles. The molecular formula is C10H18N2O. The summed E-state index contributed by atoms with van der Waals surface area (Å²) in [7, 11) is 0. The fraction of sp³-hybridized carbons (Fsp3) is 0.700. The van der Waals surface area contributed by atoms with Crippen LogP contribution in [0.2, 0.25) is 0 Å². The molecule has 2 N–H and O–H groups in total. The second-order valence-corrected chi connectivity index (χ2v) is 4.16. The molecule has 74 valence electrons. The van der Waals surface area contributed by atoms with Crippen LogP contribution in [0.25, 0.3) is 0 Å². The van der Waals surface area contributed by atoms with Crippen LogP contribution in [0.3, 0.4) is 0 Å². The number of hydrogen-bond donors (Lipinski definition) is 2. The van der Waals surface area contributed by atoms with Crippen molar-refractivity contribution in [2.75, 3.05) is 0 Å². The maximum Gasteiger partial charge on any atom is 0.315 e. The summed E-state index contributed by atoms with van der Waals surface area (Å²) in [5.74, 6) is 2.49. The number of urea groups is 1. The summed E-state index contributed by atoms with van der Waals surface area (Å²) in [6, 6.07) is -0.150. The Kier molecular flexibility index (Phi) is 4.33. The molecule has 0 saturated carbocycles. The van der Waals surface area contributed by atoms with Crippen molar-refractivity contribution >= 4 is 6.03 Å². The first-order valence-electron chi connectivity index (χ1n) is 4.37. The third-order valence-corrected chi connectivity index (χ3v) is 1.29. The first kappa shape index (κ1) is 11.8. The van der Waals surface area contributed by atoms with Crippen LogP contribution < -0.4 is 10.6 Å². The van der Waals surface area contributed by atoms with Crippen molar-refractivity contribution in [3.63, 3.8) is 0 Å². The monoisotopic (exact) mass is 182 g/mol. The molecule has 1 unspecified atom stereocenters. The summed E-state index contributed by atoms with van der Waals surface area (Å²) >= 11 is 0. The summed E-state index contributed by atoms with van der Waals surface area (Å²) in [5, 5.41) is 5.53. The van der Waals surface area contributed by atoms with Gasteiger partial charge in [0.25, 0.3) is 0 Å². The van der Waals surface area contributed by atoms with Crippen molar-refractivity contribution in [2.45, 2.75) is 45.7 Å². The maximum atomic E-state index is 11.3. The van der Waals surface area contributed by atoms with E-state index in [9.17, 15) is 4.79 Å². The van der Waals surface area contributed by atoms with E-state index in [4.69, 9.17) is 6.42 Å². The minimum atomic E-state index is -0.208. The molecule has 3 heteroatoms. The molecule has 0 saturated heterocycles. The van der Waals surface area contributed by atoms with Gasteiger partial charge in [0, 0.05) is 18.0 Å². The highest BCUT2D eigenvalue weighted by molar-refractivity contribution is 5.74. The van der Waals surface area contributed by atoms with Gasteiger partial charge >= 0.3 is 6.03 Å². The largest absolute Gasteiger partial charge is 0.335 e. The molecule has 1 atom stereocenters. The van der Waals surface area contributed by atoms with Crippen LogP contribution in [0.5, 0.6) is 0 Å². The lowest BCUT2D eigenvalue weighted by Crippen LogP contribution is -2.48. The van der Waals surface area contributed by atoms with Crippen LogP contribution >= 0.6 is 0 Å². The molecule has 13 heavy (non-hydrogen) atoms. The highest BCUT2D eigenvalue weighted by Gasteiger charge is 2.14. The summed E-state index contributed by atoms with van der Waals surface area (Å²) in [5.41, 5.74) is -0.208. The van der Waals surface area contributed by atoms with E-state index in [2.05, 4.69) is 16.6 Å². The van der Waals surface area contributed by atoms with Crippen LogP contribution in [0.4, 0.5) is 4.79 Å². The third kappa shape index (κ3) is 7.20. The number of carbonyl (C=O) groups excluding carboxylic acids is 1. The average molecular weight is 182 g/mol. The minimum absolute atomic E-state index is 0.0207. The smallest absolute Gasteiger partial charge is 0.315 e. The van der Waals surface area contributed by atoms with Gasteiger partial charge in [-0.25, -0.2) is 4.79 Å². The molecule has 0 spiro atoms. The van der Waals surface area contributed by atoms with Crippen LogP contribution in [-0.2, 0) is 0 Å². The zero-order valence-electron chi connectivity index (χ0n) is 8.77. The van der Waals surface area contributed by atoms with Crippen LogP contribution in [-0.4, -0.2) is 17.6 Å². The average Bonchev–Trinajstić information content (AvgIpc) is 1.81. The van der Waals surface area contributed by atoms with E-state index in [1.807, 2.05) is 27.7 Å². The van der Waals surface area contributed by atoms with Crippen molar-refractivity contribution < 1.29 is 4.79 Å². The van der Waals surface area contributed by atoms with E-state index in [0.29, 0.717) is 6.42 Å². The zero-order chi connectivity index (χ0) is 10.5. The van der Waals surface area contributed by atoms with Gasteiger partial charge in [-0.15, -0.1) is 12.3 Å². The molecule has 0 heterocycles. The summed E-state index contributed by atoms with van der Waals surface area (Å²) in [6.07, 6.45) is 5.66. The van der Waals surface area contributed by atoms with Gasteiger partial charge in [-0.2, -0.15) is 0 Å². The molecule has 3 nitrogen and oxygen atoms in total.